The lowest BCUT2D eigenvalue weighted by Gasteiger charge is -2.34. The molecule has 0 unspecified atom stereocenters. The zero-order chi connectivity index (χ0) is 21.1. The standard InChI is InChI=1S/C21H21FN4O3S/c1-29-18-7-5-16(6-8-18)20-9-10-21(24-23-20)25-11-13-26(14-12-25)30(27,28)19-4-2-3-17(22)15-19/h2-10,15H,11-14H2,1H3. The zero-order valence-corrected chi connectivity index (χ0v) is 17.2. The number of anilines is 1. The summed E-state index contributed by atoms with van der Waals surface area (Å²) in [5.41, 5.74) is 1.68. The Hall–Kier alpha value is -3.04. The second-order valence-corrected chi connectivity index (χ2v) is 8.79. The first kappa shape index (κ1) is 20.2. The summed E-state index contributed by atoms with van der Waals surface area (Å²) in [7, 11) is -2.10. The van der Waals surface area contributed by atoms with E-state index >= 15 is 0 Å². The van der Waals surface area contributed by atoms with Gasteiger partial charge in [-0.05, 0) is 54.6 Å². The summed E-state index contributed by atoms with van der Waals surface area (Å²) in [5.74, 6) is 0.895. The maximum Gasteiger partial charge on any atom is 0.243 e. The number of benzene rings is 2. The molecule has 1 aliphatic rings. The average Bonchev–Trinajstić information content (AvgIpc) is 2.79. The van der Waals surface area contributed by atoms with Gasteiger partial charge < -0.3 is 9.64 Å². The van der Waals surface area contributed by atoms with Crippen LogP contribution >= 0.6 is 0 Å². The minimum Gasteiger partial charge on any atom is -0.497 e. The molecule has 30 heavy (non-hydrogen) atoms. The van der Waals surface area contributed by atoms with Crippen molar-refractivity contribution in [3.8, 4) is 17.0 Å². The molecular formula is C21H21FN4O3S. The SMILES string of the molecule is COc1ccc(-c2ccc(N3CCN(S(=O)(=O)c4cccc(F)c4)CC3)nn2)cc1. The Kier molecular flexibility index (Phi) is 5.65. The van der Waals surface area contributed by atoms with E-state index < -0.39 is 15.8 Å². The molecule has 0 amide bonds. The predicted octanol–water partition coefficient (Wildman–Crippen LogP) is 2.80. The Morgan fingerprint density at radius 2 is 1.67 bits per heavy atom. The van der Waals surface area contributed by atoms with Gasteiger partial charge in [-0.2, -0.15) is 4.31 Å². The van der Waals surface area contributed by atoms with Gasteiger partial charge in [0, 0.05) is 31.7 Å². The second kappa shape index (κ2) is 8.37. The number of methoxy groups -OCH3 is 1. The molecule has 2 heterocycles. The molecule has 0 radical (unpaired) electrons. The van der Waals surface area contributed by atoms with E-state index in [-0.39, 0.29) is 4.90 Å². The molecule has 1 fully saturated rings. The Labute approximate surface area is 174 Å². The quantitative estimate of drug-likeness (QED) is 0.622. The van der Waals surface area contributed by atoms with Crippen molar-refractivity contribution in [1.82, 2.24) is 14.5 Å². The minimum absolute atomic E-state index is 0.0282. The van der Waals surface area contributed by atoms with Crippen molar-refractivity contribution in [2.24, 2.45) is 0 Å². The van der Waals surface area contributed by atoms with Gasteiger partial charge in [0.1, 0.15) is 11.6 Å². The highest BCUT2D eigenvalue weighted by molar-refractivity contribution is 7.89. The third kappa shape index (κ3) is 4.12. The second-order valence-electron chi connectivity index (χ2n) is 6.85. The Balaban J connectivity index is 1.42. The molecule has 0 N–H and O–H groups in total. The first-order valence-electron chi connectivity index (χ1n) is 9.46. The molecule has 156 valence electrons. The molecule has 0 spiro atoms. The van der Waals surface area contributed by atoms with Crippen LogP contribution in [0.5, 0.6) is 5.75 Å². The van der Waals surface area contributed by atoms with Crippen LogP contribution in [0.15, 0.2) is 65.6 Å². The molecule has 3 aromatic rings. The van der Waals surface area contributed by atoms with Gasteiger partial charge in [-0.3, -0.25) is 0 Å². The summed E-state index contributed by atoms with van der Waals surface area (Å²) in [6, 6.07) is 16.4. The van der Waals surface area contributed by atoms with E-state index in [1.807, 2.05) is 41.3 Å². The van der Waals surface area contributed by atoms with E-state index in [2.05, 4.69) is 10.2 Å². The summed E-state index contributed by atoms with van der Waals surface area (Å²) >= 11 is 0. The van der Waals surface area contributed by atoms with Crippen molar-refractivity contribution in [1.29, 1.82) is 0 Å². The summed E-state index contributed by atoms with van der Waals surface area (Å²) in [6.45, 7) is 1.54. The van der Waals surface area contributed by atoms with Crippen LogP contribution in [0.3, 0.4) is 0 Å². The van der Waals surface area contributed by atoms with Crippen molar-refractivity contribution in [2.45, 2.75) is 4.90 Å². The van der Waals surface area contributed by atoms with Crippen molar-refractivity contribution < 1.29 is 17.5 Å². The molecule has 0 bridgehead atoms. The first-order chi connectivity index (χ1) is 14.5. The normalized spacial score (nSPS) is 15.2. The van der Waals surface area contributed by atoms with Crippen molar-refractivity contribution in [3.63, 3.8) is 0 Å². The van der Waals surface area contributed by atoms with Gasteiger partial charge in [0.2, 0.25) is 10.0 Å². The third-order valence-corrected chi connectivity index (χ3v) is 6.93. The van der Waals surface area contributed by atoms with Gasteiger partial charge in [0.15, 0.2) is 5.82 Å². The molecule has 4 rings (SSSR count). The lowest BCUT2D eigenvalue weighted by atomic mass is 10.1. The molecule has 1 aliphatic heterocycles. The number of aromatic nitrogens is 2. The van der Waals surface area contributed by atoms with E-state index in [9.17, 15) is 12.8 Å². The van der Waals surface area contributed by atoms with Gasteiger partial charge in [0.05, 0.1) is 17.7 Å². The number of hydrogen-bond acceptors (Lipinski definition) is 6. The number of rotatable bonds is 5. The topological polar surface area (TPSA) is 75.6 Å². The Bertz CT molecular complexity index is 1110. The maximum atomic E-state index is 13.4. The van der Waals surface area contributed by atoms with E-state index in [0.29, 0.717) is 32.0 Å². The molecule has 1 aromatic heterocycles. The predicted molar refractivity (Wildman–Crippen MR) is 111 cm³/mol. The largest absolute Gasteiger partial charge is 0.497 e. The van der Waals surface area contributed by atoms with Crippen LogP contribution in [0.4, 0.5) is 10.2 Å². The van der Waals surface area contributed by atoms with Crippen LogP contribution in [0.2, 0.25) is 0 Å². The molecule has 2 aromatic carbocycles. The van der Waals surface area contributed by atoms with Gasteiger partial charge in [-0.15, -0.1) is 10.2 Å². The summed E-state index contributed by atoms with van der Waals surface area (Å²) in [6.07, 6.45) is 0. The van der Waals surface area contributed by atoms with E-state index in [4.69, 9.17) is 4.74 Å². The summed E-state index contributed by atoms with van der Waals surface area (Å²) in [5, 5.41) is 8.60. The average molecular weight is 428 g/mol. The Morgan fingerprint density at radius 1 is 0.933 bits per heavy atom. The van der Waals surface area contributed by atoms with Crippen LogP contribution in [0.25, 0.3) is 11.3 Å². The number of sulfonamides is 1. The number of hydrogen-bond donors (Lipinski definition) is 0. The highest BCUT2D eigenvalue weighted by atomic mass is 32.2. The molecule has 1 saturated heterocycles. The van der Waals surface area contributed by atoms with Crippen LogP contribution in [-0.2, 0) is 10.0 Å². The number of nitrogens with zero attached hydrogens (tertiary/aromatic N) is 4. The summed E-state index contributed by atoms with van der Waals surface area (Å²) in [4.78, 5) is 1.96. The number of ether oxygens (including phenoxy) is 1. The van der Waals surface area contributed by atoms with Crippen LogP contribution in [0.1, 0.15) is 0 Å². The van der Waals surface area contributed by atoms with Gasteiger partial charge in [-0.1, -0.05) is 6.07 Å². The molecule has 7 nitrogen and oxygen atoms in total. The van der Waals surface area contributed by atoms with Gasteiger partial charge >= 0.3 is 0 Å². The van der Waals surface area contributed by atoms with Crippen LogP contribution in [-0.4, -0.2) is 56.2 Å². The molecule has 0 aliphatic carbocycles. The van der Waals surface area contributed by atoms with E-state index in [0.717, 1.165) is 23.1 Å². The fraction of sp³-hybridized carbons (Fsp3) is 0.238. The molecule has 9 heteroatoms. The number of halogens is 1. The van der Waals surface area contributed by atoms with E-state index in [1.165, 1.54) is 22.5 Å². The first-order valence-corrected chi connectivity index (χ1v) is 10.9. The maximum absolute atomic E-state index is 13.4. The van der Waals surface area contributed by atoms with Crippen molar-refractivity contribution in [3.05, 3.63) is 66.5 Å². The highest BCUT2D eigenvalue weighted by Crippen LogP contribution is 2.23. The van der Waals surface area contributed by atoms with Crippen molar-refractivity contribution >= 4 is 15.8 Å². The lowest BCUT2D eigenvalue weighted by molar-refractivity contribution is 0.383. The van der Waals surface area contributed by atoms with Gasteiger partial charge in [-0.25, -0.2) is 12.8 Å². The third-order valence-electron chi connectivity index (χ3n) is 5.03. The number of piperazine rings is 1. The fourth-order valence-corrected chi connectivity index (χ4v) is 4.80. The monoisotopic (exact) mass is 428 g/mol. The Morgan fingerprint density at radius 3 is 2.27 bits per heavy atom. The van der Waals surface area contributed by atoms with Crippen LogP contribution < -0.4 is 9.64 Å². The summed E-state index contributed by atoms with van der Waals surface area (Å²) < 4.78 is 45.4. The molecular weight excluding hydrogens is 407 g/mol. The smallest absolute Gasteiger partial charge is 0.243 e. The van der Waals surface area contributed by atoms with Crippen LogP contribution in [0, 0.1) is 5.82 Å². The van der Waals surface area contributed by atoms with Crippen molar-refractivity contribution in [2.75, 3.05) is 38.2 Å². The zero-order valence-electron chi connectivity index (χ0n) is 16.4. The lowest BCUT2D eigenvalue weighted by Crippen LogP contribution is -2.49. The van der Waals surface area contributed by atoms with E-state index in [1.54, 1.807) is 7.11 Å². The highest BCUT2D eigenvalue weighted by Gasteiger charge is 2.29. The molecule has 0 saturated carbocycles. The fourth-order valence-electron chi connectivity index (χ4n) is 3.34. The minimum atomic E-state index is -3.72. The van der Waals surface area contributed by atoms with Gasteiger partial charge in [0.25, 0.3) is 0 Å². The molecule has 0 atom stereocenters.